The molecule has 0 bridgehead atoms. The van der Waals surface area contributed by atoms with Gasteiger partial charge in [-0.1, -0.05) is 13.0 Å². The monoisotopic (exact) mass is 452 g/mol. The molecule has 2 amide bonds. The van der Waals surface area contributed by atoms with Gasteiger partial charge < -0.3 is 19.5 Å². The normalized spacial score (nSPS) is 27.7. The first-order valence-electron chi connectivity index (χ1n) is 12.3. The van der Waals surface area contributed by atoms with Crippen LogP contribution in [0.2, 0.25) is 0 Å². The first kappa shape index (κ1) is 22.4. The number of amides is 2. The number of benzene rings is 1. The van der Waals surface area contributed by atoms with Crippen molar-refractivity contribution in [3.8, 4) is 0 Å². The minimum atomic E-state index is -1.12. The van der Waals surface area contributed by atoms with Crippen molar-refractivity contribution in [3.05, 3.63) is 36.0 Å². The molecule has 1 aromatic heterocycles. The molecule has 1 N–H and O–H groups in total. The Morgan fingerprint density at radius 1 is 1.00 bits per heavy atom. The number of nitrogens with zero attached hydrogens (tertiary/aromatic N) is 4. The molecule has 178 valence electrons. The van der Waals surface area contributed by atoms with Crippen molar-refractivity contribution in [2.24, 2.45) is 12.5 Å². The second kappa shape index (κ2) is 8.13. The SMILES string of the molecule is CCC1(C(=O)N2CCN(C(=O)C3(O)CC3)CC2)CCC(c2ccc3c(ccn3C)c2)N(C)C1. The summed E-state index contributed by atoms with van der Waals surface area (Å²) < 4.78 is 2.14. The topological polar surface area (TPSA) is 69.0 Å². The zero-order valence-corrected chi connectivity index (χ0v) is 20.1. The molecule has 3 aliphatic rings. The number of carbonyl (C=O) groups is 2. The number of carbonyl (C=O) groups excluding carboxylic acids is 2. The molecular formula is C26H36N4O3. The van der Waals surface area contributed by atoms with Crippen molar-refractivity contribution in [2.45, 2.75) is 50.7 Å². The van der Waals surface area contributed by atoms with Gasteiger partial charge in [-0.3, -0.25) is 14.5 Å². The number of fused-ring (bicyclic) bond motifs is 1. The van der Waals surface area contributed by atoms with Gasteiger partial charge in [0, 0.05) is 57.5 Å². The lowest BCUT2D eigenvalue weighted by atomic mass is 9.73. The summed E-state index contributed by atoms with van der Waals surface area (Å²) in [5.41, 5.74) is 1.06. The Morgan fingerprint density at radius 2 is 1.67 bits per heavy atom. The highest BCUT2D eigenvalue weighted by Crippen LogP contribution is 2.43. The van der Waals surface area contributed by atoms with Crippen LogP contribution in [-0.4, -0.2) is 81.6 Å². The van der Waals surface area contributed by atoms with Gasteiger partial charge in [-0.15, -0.1) is 0 Å². The van der Waals surface area contributed by atoms with Crippen molar-refractivity contribution in [1.29, 1.82) is 0 Å². The first-order chi connectivity index (χ1) is 15.8. The predicted octanol–water partition coefficient (Wildman–Crippen LogP) is 2.54. The van der Waals surface area contributed by atoms with Gasteiger partial charge in [0.05, 0.1) is 5.41 Å². The molecule has 2 atom stereocenters. The van der Waals surface area contributed by atoms with Crippen LogP contribution in [0, 0.1) is 5.41 Å². The van der Waals surface area contributed by atoms with E-state index in [2.05, 4.69) is 60.9 Å². The zero-order valence-electron chi connectivity index (χ0n) is 20.1. The second-order valence-electron chi connectivity index (χ2n) is 10.5. The molecule has 2 aliphatic heterocycles. The number of rotatable bonds is 4. The molecule has 1 aromatic carbocycles. The van der Waals surface area contributed by atoms with Gasteiger partial charge in [-0.05, 0) is 68.3 Å². The standard InChI is InChI=1S/C26H36N4O3/c1-4-25(23(31)29-13-15-30(16-14-29)24(32)26(33)10-11-26)9-7-22(28(3)18-25)19-5-6-21-20(17-19)8-12-27(21)2/h5-6,8,12,17,22,33H,4,7,9-11,13-16,18H2,1-3H3. The van der Waals surface area contributed by atoms with Crippen LogP contribution < -0.4 is 0 Å². The maximum atomic E-state index is 13.7. The van der Waals surface area contributed by atoms with E-state index in [4.69, 9.17) is 0 Å². The highest BCUT2D eigenvalue weighted by atomic mass is 16.3. The van der Waals surface area contributed by atoms with E-state index < -0.39 is 5.60 Å². The fourth-order valence-corrected chi connectivity index (χ4v) is 5.92. The minimum absolute atomic E-state index is 0.157. The molecule has 1 saturated carbocycles. The van der Waals surface area contributed by atoms with Gasteiger partial charge in [0.1, 0.15) is 5.60 Å². The van der Waals surface area contributed by atoms with Crippen LogP contribution in [-0.2, 0) is 16.6 Å². The Labute approximate surface area is 195 Å². The number of hydrogen-bond acceptors (Lipinski definition) is 4. The number of aromatic nitrogens is 1. The van der Waals surface area contributed by atoms with Crippen LogP contribution in [0.1, 0.15) is 50.6 Å². The summed E-state index contributed by atoms with van der Waals surface area (Å²) in [6, 6.07) is 9.20. The van der Waals surface area contributed by atoms with E-state index in [0.717, 1.165) is 25.8 Å². The summed E-state index contributed by atoms with van der Waals surface area (Å²) >= 11 is 0. The fraction of sp³-hybridized carbons (Fsp3) is 0.615. The Hall–Kier alpha value is -2.38. The molecule has 5 rings (SSSR count). The Morgan fingerprint density at radius 3 is 2.27 bits per heavy atom. The zero-order chi connectivity index (χ0) is 23.4. The van der Waals surface area contributed by atoms with E-state index >= 15 is 0 Å². The summed E-state index contributed by atoms with van der Waals surface area (Å²) in [6.07, 6.45) is 5.88. The third kappa shape index (κ3) is 3.85. The highest BCUT2D eigenvalue weighted by molar-refractivity contribution is 5.88. The lowest BCUT2D eigenvalue weighted by Crippen LogP contribution is -2.58. The van der Waals surface area contributed by atoms with Gasteiger partial charge in [0.15, 0.2) is 0 Å². The molecule has 3 heterocycles. The maximum absolute atomic E-state index is 13.7. The van der Waals surface area contributed by atoms with Gasteiger partial charge >= 0.3 is 0 Å². The van der Waals surface area contributed by atoms with Crippen molar-refractivity contribution >= 4 is 22.7 Å². The van der Waals surface area contributed by atoms with Gasteiger partial charge in [-0.2, -0.15) is 0 Å². The summed E-state index contributed by atoms with van der Waals surface area (Å²) in [5.74, 6) is 0.0708. The molecular weight excluding hydrogens is 416 g/mol. The van der Waals surface area contributed by atoms with E-state index in [1.807, 2.05) is 4.90 Å². The molecule has 2 aromatic rings. The molecule has 7 nitrogen and oxygen atoms in total. The molecule has 7 heteroatoms. The summed E-state index contributed by atoms with van der Waals surface area (Å²) in [6.45, 7) is 5.02. The van der Waals surface area contributed by atoms with Crippen LogP contribution >= 0.6 is 0 Å². The maximum Gasteiger partial charge on any atom is 0.254 e. The van der Waals surface area contributed by atoms with Crippen LogP contribution in [0.25, 0.3) is 10.9 Å². The molecule has 33 heavy (non-hydrogen) atoms. The van der Waals surface area contributed by atoms with Gasteiger partial charge in [0.25, 0.3) is 5.91 Å². The molecule has 2 unspecified atom stereocenters. The summed E-state index contributed by atoms with van der Waals surface area (Å²) in [5, 5.41) is 11.4. The molecule has 2 saturated heterocycles. The fourth-order valence-electron chi connectivity index (χ4n) is 5.92. The minimum Gasteiger partial charge on any atom is -0.380 e. The van der Waals surface area contributed by atoms with E-state index in [0.29, 0.717) is 45.1 Å². The number of aryl methyl sites for hydroxylation is 1. The van der Waals surface area contributed by atoms with Crippen LogP contribution in [0.3, 0.4) is 0 Å². The number of hydrogen-bond donors (Lipinski definition) is 1. The van der Waals surface area contributed by atoms with Crippen molar-refractivity contribution < 1.29 is 14.7 Å². The molecule has 1 aliphatic carbocycles. The van der Waals surface area contributed by atoms with Gasteiger partial charge in [-0.25, -0.2) is 0 Å². The average molecular weight is 453 g/mol. The van der Waals surface area contributed by atoms with Crippen molar-refractivity contribution in [1.82, 2.24) is 19.3 Å². The van der Waals surface area contributed by atoms with E-state index in [1.54, 1.807) is 4.90 Å². The van der Waals surface area contributed by atoms with Crippen LogP contribution in [0.15, 0.2) is 30.5 Å². The Kier molecular flexibility index (Phi) is 5.52. The molecule has 0 radical (unpaired) electrons. The van der Waals surface area contributed by atoms with E-state index in [9.17, 15) is 14.7 Å². The third-order valence-corrected chi connectivity index (χ3v) is 8.38. The Balaban J connectivity index is 1.25. The number of aliphatic hydroxyl groups is 1. The summed E-state index contributed by atoms with van der Waals surface area (Å²) in [7, 11) is 4.21. The van der Waals surface area contributed by atoms with E-state index in [1.165, 1.54) is 16.5 Å². The Bertz CT molecular complexity index is 1070. The second-order valence-corrected chi connectivity index (χ2v) is 10.5. The largest absolute Gasteiger partial charge is 0.380 e. The van der Waals surface area contributed by atoms with Crippen molar-refractivity contribution in [2.75, 3.05) is 39.8 Å². The molecule has 3 fully saturated rings. The number of likely N-dealkylation sites (tertiary alicyclic amines) is 1. The predicted molar refractivity (Wildman–Crippen MR) is 128 cm³/mol. The third-order valence-electron chi connectivity index (χ3n) is 8.38. The van der Waals surface area contributed by atoms with Crippen LogP contribution in [0.5, 0.6) is 0 Å². The van der Waals surface area contributed by atoms with E-state index in [-0.39, 0.29) is 17.2 Å². The summed E-state index contributed by atoms with van der Waals surface area (Å²) in [4.78, 5) is 32.2. The highest BCUT2D eigenvalue weighted by Gasteiger charge is 2.51. The molecule has 0 spiro atoms. The first-order valence-corrected chi connectivity index (χ1v) is 12.3. The smallest absolute Gasteiger partial charge is 0.254 e. The van der Waals surface area contributed by atoms with Gasteiger partial charge in [0.2, 0.25) is 5.91 Å². The van der Waals surface area contributed by atoms with Crippen LogP contribution in [0.4, 0.5) is 0 Å². The quantitative estimate of drug-likeness (QED) is 0.774. The lowest BCUT2D eigenvalue weighted by Gasteiger charge is -2.47. The number of piperazine rings is 1. The van der Waals surface area contributed by atoms with Crippen molar-refractivity contribution in [3.63, 3.8) is 0 Å². The lowest BCUT2D eigenvalue weighted by molar-refractivity contribution is -0.153. The number of piperidine rings is 1. The average Bonchev–Trinajstić information content (AvgIpc) is 3.49.